The smallest absolute Gasteiger partial charge is 0.354 e. The summed E-state index contributed by atoms with van der Waals surface area (Å²) in [5, 5.41) is 22.3. The van der Waals surface area contributed by atoms with Gasteiger partial charge in [-0.3, -0.25) is 9.59 Å². The maximum Gasteiger partial charge on any atom is 0.354 e. The Labute approximate surface area is 237 Å². The number of halogens is 1. The minimum Gasteiger partial charge on any atom is -0.477 e. The molecule has 2 aromatic carbocycles. The van der Waals surface area contributed by atoms with Crippen LogP contribution in [-0.4, -0.2) is 52.2 Å². The number of aliphatic hydroxyl groups excluding tert-OH is 1. The first-order valence-electron chi connectivity index (χ1n) is 12.8. The van der Waals surface area contributed by atoms with Crippen LogP contribution in [0.2, 0.25) is 5.02 Å². The fraction of sp³-hybridized carbons (Fsp3) is 0.333. The van der Waals surface area contributed by atoms with Crippen molar-refractivity contribution in [1.82, 2.24) is 4.98 Å². The quantitative estimate of drug-likeness (QED) is 0.353. The lowest BCUT2D eigenvalue weighted by molar-refractivity contribution is -0.136. The number of anilines is 2. The molecule has 2 atom stereocenters. The van der Waals surface area contributed by atoms with Gasteiger partial charge in [-0.2, -0.15) is 0 Å². The number of carbonyl (C=O) groups excluding carboxylic acids is 2. The molecule has 0 fully saturated rings. The summed E-state index contributed by atoms with van der Waals surface area (Å²) in [5.41, 5.74) is 3.23. The number of aliphatic hydroxyl groups is 1. The summed E-state index contributed by atoms with van der Waals surface area (Å²) in [6.07, 6.45) is -2.27. The molecule has 2 amide bonds. The van der Waals surface area contributed by atoms with Crippen LogP contribution in [0.5, 0.6) is 0 Å². The van der Waals surface area contributed by atoms with Crippen LogP contribution < -0.4 is 10.2 Å². The normalized spacial score (nSPS) is 17.2. The number of benzene rings is 2. The monoisotopic (exact) mass is 565 g/mol. The summed E-state index contributed by atoms with van der Waals surface area (Å²) in [7, 11) is 0. The van der Waals surface area contributed by atoms with Gasteiger partial charge in [-0.25, -0.2) is 9.78 Å². The first-order valence-corrected chi connectivity index (χ1v) is 13.2. The van der Waals surface area contributed by atoms with E-state index in [1.807, 2.05) is 45.9 Å². The molecule has 0 unspecified atom stereocenters. The zero-order chi connectivity index (χ0) is 29.2. The topological polar surface area (TPSA) is 129 Å². The number of pyridine rings is 1. The van der Waals surface area contributed by atoms with Crippen molar-refractivity contribution in [3.63, 3.8) is 0 Å². The SMILES string of the molecule is Cc1cccc([C@H]2O[C@H](CC(=O)Nc3cccc(C(=O)O)n3)C(=O)N(CC(C)(C)CO)c3ccc(Cl)cc32)c1C. The van der Waals surface area contributed by atoms with Crippen LogP contribution in [0.25, 0.3) is 0 Å². The maximum absolute atomic E-state index is 14.1. The van der Waals surface area contributed by atoms with Gasteiger partial charge in [0.1, 0.15) is 18.0 Å². The standard InChI is InChI=1S/C30H32ClN3O6/c1-17-7-5-8-20(18(17)2)27-21-13-19(31)11-12-23(21)34(15-30(3,4)16-35)28(37)24(40-27)14-26(36)33-25-10-6-9-22(32-25)29(38)39/h5-13,24,27,35H,14-16H2,1-4H3,(H,38,39)(H,32,33,36)/t24-,27-/m1/s1. The highest BCUT2D eigenvalue weighted by atomic mass is 35.5. The Morgan fingerprint density at radius 3 is 2.52 bits per heavy atom. The summed E-state index contributed by atoms with van der Waals surface area (Å²) < 4.78 is 6.49. The zero-order valence-corrected chi connectivity index (χ0v) is 23.5. The molecular formula is C30H32ClN3O6. The number of hydrogen-bond donors (Lipinski definition) is 3. The Morgan fingerprint density at radius 1 is 1.10 bits per heavy atom. The Balaban J connectivity index is 1.77. The third kappa shape index (κ3) is 6.33. The minimum absolute atomic E-state index is 0.0467. The molecule has 2 heterocycles. The highest BCUT2D eigenvalue weighted by Crippen LogP contribution is 2.42. The van der Waals surface area contributed by atoms with E-state index in [0.717, 1.165) is 16.7 Å². The Bertz CT molecular complexity index is 1460. The lowest BCUT2D eigenvalue weighted by Gasteiger charge is -2.32. The fourth-order valence-corrected chi connectivity index (χ4v) is 4.81. The van der Waals surface area contributed by atoms with Crippen LogP contribution in [-0.2, 0) is 14.3 Å². The molecule has 1 aromatic heterocycles. The predicted octanol–water partition coefficient (Wildman–Crippen LogP) is 4.92. The number of carboxylic acid groups (broad SMARTS) is 1. The molecule has 3 aromatic rings. The first kappa shape index (κ1) is 29.2. The van der Waals surface area contributed by atoms with Gasteiger partial charge in [0.05, 0.1) is 6.42 Å². The van der Waals surface area contributed by atoms with Gasteiger partial charge in [0.25, 0.3) is 5.91 Å². The third-order valence-electron chi connectivity index (χ3n) is 6.95. The summed E-state index contributed by atoms with van der Waals surface area (Å²) >= 11 is 6.43. The van der Waals surface area contributed by atoms with Crippen molar-refractivity contribution < 1.29 is 29.3 Å². The van der Waals surface area contributed by atoms with E-state index in [1.165, 1.54) is 18.2 Å². The lowest BCUT2D eigenvalue weighted by Crippen LogP contribution is -2.46. The number of rotatable bonds is 8. The summed E-state index contributed by atoms with van der Waals surface area (Å²) in [5.74, 6) is -2.20. The molecule has 0 spiro atoms. The van der Waals surface area contributed by atoms with Gasteiger partial charge in [0.15, 0.2) is 5.69 Å². The molecule has 1 aliphatic rings. The largest absolute Gasteiger partial charge is 0.477 e. The Kier molecular flexibility index (Phi) is 8.58. The molecule has 0 aliphatic carbocycles. The van der Waals surface area contributed by atoms with E-state index in [1.54, 1.807) is 23.1 Å². The van der Waals surface area contributed by atoms with Crippen molar-refractivity contribution in [2.24, 2.45) is 5.41 Å². The number of carbonyl (C=O) groups is 3. The van der Waals surface area contributed by atoms with Gasteiger partial charge in [0.2, 0.25) is 5.91 Å². The number of fused-ring (bicyclic) bond motifs is 1. The van der Waals surface area contributed by atoms with E-state index < -0.39 is 35.4 Å². The molecule has 10 heteroatoms. The number of hydrogen-bond acceptors (Lipinski definition) is 6. The van der Waals surface area contributed by atoms with Crippen molar-refractivity contribution in [3.05, 3.63) is 87.6 Å². The van der Waals surface area contributed by atoms with Gasteiger partial charge in [-0.15, -0.1) is 0 Å². The molecular weight excluding hydrogens is 534 g/mol. The second kappa shape index (κ2) is 11.8. The molecule has 9 nitrogen and oxygen atoms in total. The average Bonchev–Trinajstić information content (AvgIpc) is 3.00. The highest BCUT2D eigenvalue weighted by molar-refractivity contribution is 6.30. The minimum atomic E-state index is -1.23. The van der Waals surface area contributed by atoms with E-state index in [0.29, 0.717) is 16.3 Å². The molecule has 0 saturated heterocycles. The van der Waals surface area contributed by atoms with E-state index in [4.69, 9.17) is 16.3 Å². The van der Waals surface area contributed by atoms with Crippen molar-refractivity contribution in [3.8, 4) is 0 Å². The number of nitrogens with zero attached hydrogens (tertiary/aromatic N) is 2. The predicted molar refractivity (Wildman–Crippen MR) is 152 cm³/mol. The second-order valence-corrected chi connectivity index (χ2v) is 11.1. The van der Waals surface area contributed by atoms with Gasteiger partial charge < -0.3 is 25.2 Å². The van der Waals surface area contributed by atoms with E-state index in [9.17, 15) is 24.6 Å². The van der Waals surface area contributed by atoms with E-state index in [-0.39, 0.29) is 31.1 Å². The van der Waals surface area contributed by atoms with Crippen LogP contribution in [0.4, 0.5) is 11.5 Å². The summed E-state index contributed by atoms with van der Waals surface area (Å²) in [6.45, 7) is 7.64. The van der Waals surface area contributed by atoms with Gasteiger partial charge >= 0.3 is 5.97 Å². The van der Waals surface area contributed by atoms with Gasteiger partial charge in [0, 0.05) is 34.8 Å². The molecule has 0 saturated carbocycles. The Hall–Kier alpha value is -3.79. The van der Waals surface area contributed by atoms with E-state index in [2.05, 4.69) is 10.3 Å². The van der Waals surface area contributed by atoms with Crippen LogP contribution in [0.1, 0.15) is 59.1 Å². The number of aromatic carboxylic acids is 1. The second-order valence-electron chi connectivity index (χ2n) is 10.7. The molecule has 0 bridgehead atoms. The van der Waals surface area contributed by atoms with E-state index >= 15 is 0 Å². The first-order chi connectivity index (χ1) is 18.9. The van der Waals surface area contributed by atoms with Crippen molar-refractivity contribution in [2.75, 3.05) is 23.4 Å². The molecule has 3 N–H and O–H groups in total. The summed E-state index contributed by atoms with van der Waals surface area (Å²) in [6, 6.07) is 15.3. The number of nitrogens with one attached hydrogen (secondary N) is 1. The summed E-state index contributed by atoms with van der Waals surface area (Å²) in [4.78, 5) is 44.0. The highest BCUT2D eigenvalue weighted by Gasteiger charge is 2.40. The third-order valence-corrected chi connectivity index (χ3v) is 7.19. The lowest BCUT2D eigenvalue weighted by atomic mass is 9.91. The van der Waals surface area contributed by atoms with Crippen LogP contribution in [0.3, 0.4) is 0 Å². The van der Waals surface area contributed by atoms with Crippen molar-refractivity contribution in [1.29, 1.82) is 0 Å². The number of aryl methyl sites for hydroxylation is 1. The fourth-order valence-electron chi connectivity index (χ4n) is 4.63. The zero-order valence-electron chi connectivity index (χ0n) is 22.8. The van der Waals surface area contributed by atoms with Crippen LogP contribution >= 0.6 is 11.6 Å². The number of carboxylic acids is 1. The number of amides is 2. The number of ether oxygens (including phenoxy) is 1. The molecule has 0 radical (unpaired) electrons. The van der Waals surface area contributed by atoms with Crippen LogP contribution in [0, 0.1) is 19.3 Å². The molecule has 4 rings (SSSR count). The van der Waals surface area contributed by atoms with Gasteiger partial charge in [-0.1, -0.05) is 49.7 Å². The van der Waals surface area contributed by atoms with Crippen LogP contribution in [0.15, 0.2) is 54.6 Å². The molecule has 210 valence electrons. The Morgan fingerprint density at radius 2 is 1.82 bits per heavy atom. The number of aromatic nitrogens is 1. The van der Waals surface area contributed by atoms with Crippen molar-refractivity contribution >= 4 is 40.9 Å². The van der Waals surface area contributed by atoms with Crippen molar-refractivity contribution in [2.45, 2.75) is 46.3 Å². The molecule has 40 heavy (non-hydrogen) atoms. The molecule has 1 aliphatic heterocycles. The average molecular weight is 566 g/mol. The maximum atomic E-state index is 14.1. The van der Waals surface area contributed by atoms with Gasteiger partial charge in [-0.05, 0) is 60.9 Å².